The van der Waals surface area contributed by atoms with Crippen molar-refractivity contribution in [3.63, 3.8) is 0 Å². The highest BCUT2D eigenvalue weighted by molar-refractivity contribution is 6.30. The van der Waals surface area contributed by atoms with Crippen LogP contribution in [0, 0.1) is 5.92 Å². The van der Waals surface area contributed by atoms with Gasteiger partial charge in [0.2, 0.25) is 11.8 Å². The van der Waals surface area contributed by atoms with Crippen LogP contribution in [0.5, 0.6) is 0 Å². The van der Waals surface area contributed by atoms with Gasteiger partial charge in [-0.25, -0.2) is 0 Å². The van der Waals surface area contributed by atoms with Crippen molar-refractivity contribution in [3.8, 4) is 0 Å². The summed E-state index contributed by atoms with van der Waals surface area (Å²) in [6, 6.07) is 7.40. The number of anilines is 1. The Morgan fingerprint density at radius 3 is 2.73 bits per heavy atom. The Bertz CT molecular complexity index is 569. The number of halogens is 1. The normalized spacial score (nSPS) is 24.8. The molecule has 2 heterocycles. The molecule has 0 radical (unpaired) electrons. The van der Waals surface area contributed by atoms with Crippen LogP contribution in [-0.4, -0.2) is 49.4 Å². The largest absolute Gasteiger partial charge is 0.341 e. The average molecular weight is 322 g/mol. The van der Waals surface area contributed by atoms with Crippen LogP contribution in [0.1, 0.15) is 12.8 Å². The first-order valence-corrected chi connectivity index (χ1v) is 7.97. The van der Waals surface area contributed by atoms with Crippen LogP contribution in [-0.2, 0) is 9.59 Å². The molecule has 0 aromatic heterocycles. The van der Waals surface area contributed by atoms with Crippen molar-refractivity contribution in [2.75, 3.05) is 31.6 Å². The second kappa shape index (κ2) is 6.26. The number of nitrogens with one attached hydrogen (secondary N) is 1. The first-order chi connectivity index (χ1) is 10.6. The summed E-state index contributed by atoms with van der Waals surface area (Å²) in [5.74, 6) is -0.189. The zero-order valence-corrected chi connectivity index (χ0v) is 13.3. The molecule has 1 N–H and O–H groups in total. The third-order valence-corrected chi connectivity index (χ3v) is 4.79. The minimum Gasteiger partial charge on any atom is -0.341 e. The van der Waals surface area contributed by atoms with Crippen LogP contribution in [0.15, 0.2) is 24.3 Å². The van der Waals surface area contributed by atoms with E-state index in [0.717, 1.165) is 25.2 Å². The summed E-state index contributed by atoms with van der Waals surface area (Å²) >= 11 is 5.88. The van der Waals surface area contributed by atoms with Crippen LogP contribution in [0.2, 0.25) is 5.02 Å². The lowest BCUT2D eigenvalue weighted by Gasteiger charge is -2.26. The molecule has 2 aliphatic rings. The predicted octanol–water partition coefficient (Wildman–Crippen LogP) is 1.51. The molecule has 2 unspecified atom stereocenters. The van der Waals surface area contributed by atoms with Crippen LogP contribution in [0.4, 0.5) is 5.69 Å². The van der Waals surface area contributed by atoms with Crippen molar-refractivity contribution in [2.24, 2.45) is 5.92 Å². The predicted molar refractivity (Wildman–Crippen MR) is 86.0 cm³/mol. The molecule has 6 heteroatoms. The highest BCUT2D eigenvalue weighted by Gasteiger charge is 2.38. The van der Waals surface area contributed by atoms with Crippen molar-refractivity contribution in [2.45, 2.75) is 18.9 Å². The lowest BCUT2D eigenvalue weighted by Crippen LogP contribution is -2.42. The Morgan fingerprint density at radius 2 is 2.09 bits per heavy atom. The van der Waals surface area contributed by atoms with Gasteiger partial charge < -0.3 is 15.1 Å². The molecular formula is C16H20ClN3O2. The summed E-state index contributed by atoms with van der Waals surface area (Å²) in [5, 5.41) is 3.90. The Kier molecular flexibility index (Phi) is 4.36. The van der Waals surface area contributed by atoms with E-state index in [9.17, 15) is 9.59 Å². The summed E-state index contributed by atoms with van der Waals surface area (Å²) in [7, 11) is 1.84. The highest BCUT2D eigenvalue weighted by Crippen LogP contribution is 2.27. The van der Waals surface area contributed by atoms with Crippen molar-refractivity contribution in [1.29, 1.82) is 0 Å². The van der Waals surface area contributed by atoms with Crippen molar-refractivity contribution < 1.29 is 9.59 Å². The molecule has 22 heavy (non-hydrogen) atoms. The molecule has 2 fully saturated rings. The molecule has 5 nitrogen and oxygen atoms in total. The van der Waals surface area contributed by atoms with E-state index < -0.39 is 0 Å². The zero-order valence-electron chi connectivity index (χ0n) is 12.6. The quantitative estimate of drug-likeness (QED) is 0.918. The second-order valence-electron chi connectivity index (χ2n) is 5.98. The fourth-order valence-electron chi connectivity index (χ4n) is 3.18. The van der Waals surface area contributed by atoms with Crippen LogP contribution < -0.4 is 10.2 Å². The minimum absolute atomic E-state index is 0.00128. The topological polar surface area (TPSA) is 52.7 Å². The zero-order chi connectivity index (χ0) is 15.7. The molecule has 2 atom stereocenters. The van der Waals surface area contributed by atoms with E-state index in [0.29, 0.717) is 11.6 Å². The maximum atomic E-state index is 12.6. The van der Waals surface area contributed by atoms with Crippen LogP contribution in [0.25, 0.3) is 0 Å². The van der Waals surface area contributed by atoms with Crippen LogP contribution in [0.3, 0.4) is 0 Å². The fourth-order valence-corrected chi connectivity index (χ4v) is 3.31. The van der Waals surface area contributed by atoms with Gasteiger partial charge in [-0.2, -0.15) is 0 Å². The maximum absolute atomic E-state index is 12.6. The minimum atomic E-state index is -0.256. The van der Waals surface area contributed by atoms with Crippen molar-refractivity contribution >= 4 is 29.1 Å². The number of hydrogen-bond acceptors (Lipinski definition) is 3. The van der Waals surface area contributed by atoms with Gasteiger partial charge in [0.05, 0.1) is 5.92 Å². The van der Waals surface area contributed by atoms with E-state index in [1.807, 2.05) is 24.1 Å². The van der Waals surface area contributed by atoms with Gasteiger partial charge >= 0.3 is 0 Å². The first-order valence-electron chi connectivity index (χ1n) is 7.59. The Balaban J connectivity index is 1.68. The number of rotatable bonds is 3. The van der Waals surface area contributed by atoms with E-state index >= 15 is 0 Å². The van der Waals surface area contributed by atoms with Gasteiger partial charge in [-0.1, -0.05) is 11.6 Å². The standard InChI is InChI=1S/C16H20ClN3O2/c1-19(14-6-7-18-9-14)16(22)11-8-15(21)20(10-11)13-4-2-12(17)3-5-13/h2-5,11,14,18H,6-10H2,1H3. The van der Waals surface area contributed by atoms with Crippen molar-refractivity contribution in [1.82, 2.24) is 10.2 Å². The summed E-state index contributed by atoms with van der Waals surface area (Å²) in [6.07, 6.45) is 1.26. The Morgan fingerprint density at radius 1 is 1.36 bits per heavy atom. The second-order valence-corrected chi connectivity index (χ2v) is 6.41. The molecule has 1 aromatic carbocycles. The molecule has 0 aliphatic carbocycles. The van der Waals surface area contributed by atoms with Crippen LogP contribution >= 0.6 is 11.6 Å². The monoisotopic (exact) mass is 321 g/mol. The Labute approximate surface area is 135 Å². The summed E-state index contributed by atoms with van der Waals surface area (Å²) in [5.41, 5.74) is 0.801. The number of hydrogen-bond donors (Lipinski definition) is 1. The van der Waals surface area contributed by atoms with Gasteiger partial charge in [-0.15, -0.1) is 0 Å². The van der Waals surface area contributed by atoms with E-state index in [4.69, 9.17) is 11.6 Å². The lowest BCUT2D eigenvalue weighted by atomic mass is 10.1. The molecule has 3 rings (SSSR count). The van der Waals surface area contributed by atoms with Gasteiger partial charge in [0, 0.05) is 43.3 Å². The number of nitrogens with zero attached hydrogens (tertiary/aromatic N) is 2. The number of carbonyl (C=O) groups excluding carboxylic acids is 2. The molecular weight excluding hydrogens is 302 g/mol. The van der Waals surface area contributed by atoms with E-state index in [-0.39, 0.29) is 30.2 Å². The SMILES string of the molecule is CN(C(=O)C1CC(=O)N(c2ccc(Cl)cc2)C1)C1CCNC1. The number of likely N-dealkylation sites (N-methyl/N-ethyl adjacent to an activating group) is 1. The average Bonchev–Trinajstić information content (AvgIpc) is 3.16. The third kappa shape index (κ3) is 2.96. The fraction of sp³-hybridized carbons (Fsp3) is 0.500. The molecule has 0 bridgehead atoms. The van der Waals surface area contributed by atoms with Gasteiger partial charge in [-0.3, -0.25) is 9.59 Å². The van der Waals surface area contributed by atoms with Gasteiger partial charge in [0.1, 0.15) is 0 Å². The molecule has 2 amide bonds. The third-order valence-electron chi connectivity index (χ3n) is 4.54. The summed E-state index contributed by atoms with van der Waals surface area (Å²) < 4.78 is 0. The van der Waals surface area contributed by atoms with Crippen molar-refractivity contribution in [3.05, 3.63) is 29.3 Å². The molecule has 1 aromatic rings. The molecule has 2 aliphatic heterocycles. The molecule has 2 saturated heterocycles. The van der Waals surface area contributed by atoms with E-state index in [2.05, 4.69) is 5.32 Å². The highest BCUT2D eigenvalue weighted by atomic mass is 35.5. The summed E-state index contributed by atoms with van der Waals surface area (Å²) in [4.78, 5) is 28.3. The maximum Gasteiger partial charge on any atom is 0.228 e. The number of benzene rings is 1. The van der Waals surface area contributed by atoms with Gasteiger partial charge in [-0.05, 0) is 37.2 Å². The number of amides is 2. The Hall–Kier alpha value is -1.59. The van der Waals surface area contributed by atoms with Gasteiger partial charge in [0.15, 0.2) is 0 Å². The van der Waals surface area contributed by atoms with E-state index in [1.165, 1.54) is 0 Å². The molecule has 0 spiro atoms. The lowest BCUT2D eigenvalue weighted by molar-refractivity contribution is -0.136. The molecule has 0 saturated carbocycles. The first kappa shape index (κ1) is 15.3. The number of carbonyl (C=O) groups is 2. The van der Waals surface area contributed by atoms with Gasteiger partial charge in [0.25, 0.3) is 0 Å². The summed E-state index contributed by atoms with van der Waals surface area (Å²) in [6.45, 7) is 2.23. The van der Waals surface area contributed by atoms with E-state index in [1.54, 1.807) is 17.0 Å². The smallest absolute Gasteiger partial charge is 0.228 e. The molecule has 118 valence electrons.